The van der Waals surface area contributed by atoms with Crippen molar-refractivity contribution in [3.05, 3.63) is 34.6 Å². The summed E-state index contributed by atoms with van der Waals surface area (Å²) in [5.74, 6) is 0. The Morgan fingerprint density at radius 3 is 2.75 bits per heavy atom. The number of aliphatic hydroxyl groups excluding tert-OH is 2. The molecule has 0 aliphatic carbocycles. The fourth-order valence-electron chi connectivity index (χ4n) is 2.53. The van der Waals surface area contributed by atoms with E-state index in [1.165, 1.54) is 0 Å². The number of hydrogen-bond acceptors (Lipinski definition) is 4. The van der Waals surface area contributed by atoms with E-state index >= 15 is 0 Å². The summed E-state index contributed by atoms with van der Waals surface area (Å²) in [6.45, 7) is 2.14. The lowest BCUT2D eigenvalue weighted by Crippen LogP contribution is -2.04. The van der Waals surface area contributed by atoms with Crippen molar-refractivity contribution in [1.82, 2.24) is 4.98 Å². The fraction of sp³-hybridized carbons (Fsp3) is 0.579. The average Bonchev–Trinajstić information content (AvgIpc) is 2.55. The Hall–Kier alpha value is -1.23. The van der Waals surface area contributed by atoms with Crippen molar-refractivity contribution in [2.24, 2.45) is 0 Å². The first-order valence-electron chi connectivity index (χ1n) is 8.70. The average molecular weight is 354 g/mol. The van der Waals surface area contributed by atoms with E-state index in [1.54, 1.807) is 12.3 Å². The van der Waals surface area contributed by atoms with Gasteiger partial charge in [-0.2, -0.15) is 0 Å². The van der Waals surface area contributed by atoms with E-state index in [0.717, 1.165) is 37.5 Å². The molecule has 0 radical (unpaired) electrons. The van der Waals surface area contributed by atoms with Crippen LogP contribution in [0, 0.1) is 0 Å². The summed E-state index contributed by atoms with van der Waals surface area (Å²) in [4.78, 5) is 14.4. The molecular formula is C19H28ClNO3. The molecule has 1 rings (SSSR count). The first-order valence-corrected chi connectivity index (χ1v) is 9.08. The van der Waals surface area contributed by atoms with E-state index in [2.05, 4.69) is 11.9 Å². The quantitative estimate of drug-likeness (QED) is 0.330. The number of halogens is 1. The lowest BCUT2D eigenvalue weighted by molar-refractivity contribution is -0.108. The van der Waals surface area contributed by atoms with Crippen LogP contribution in [0.15, 0.2) is 18.3 Å². The number of aliphatic hydroxyl groups is 2. The Morgan fingerprint density at radius 1 is 1.25 bits per heavy atom. The summed E-state index contributed by atoms with van der Waals surface area (Å²) in [6, 6.07) is 1.71. The molecule has 0 spiro atoms. The number of carbonyl (C=O) groups is 1. The molecule has 2 atom stereocenters. The second-order valence-corrected chi connectivity index (χ2v) is 6.42. The number of rotatable bonds is 12. The van der Waals surface area contributed by atoms with Crippen LogP contribution >= 0.6 is 11.6 Å². The molecule has 5 heteroatoms. The van der Waals surface area contributed by atoms with Gasteiger partial charge in [0.15, 0.2) is 0 Å². The molecule has 0 aromatic carbocycles. The van der Waals surface area contributed by atoms with Gasteiger partial charge in [-0.15, -0.1) is 0 Å². The normalized spacial score (nSPS) is 14.0. The molecular weight excluding hydrogens is 326 g/mol. The maximum Gasteiger partial charge on any atom is 0.129 e. The van der Waals surface area contributed by atoms with Crippen LogP contribution in [-0.4, -0.2) is 27.6 Å². The van der Waals surface area contributed by atoms with Gasteiger partial charge in [0.05, 0.1) is 12.2 Å². The maximum absolute atomic E-state index is 10.4. The standard InChI is InChI=1S/C19H28ClNO3/c1-2-3-4-9-16(23)10-7-8-15-13-19(20)21-14-17(15)18(24)11-5-6-12-22/h7-8,12-14,16,18,23-24H,2-6,9-11H2,1H3/b8-7+. The highest BCUT2D eigenvalue weighted by Crippen LogP contribution is 2.25. The molecule has 1 aromatic rings. The summed E-state index contributed by atoms with van der Waals surface area (Å²) in [5, 5.41) is 20.6. The van der Waals surface area contributed by atoms with Crippen molar-refractivity contribution in [1.29, 1.82) is 0 Å². The smallest absolute Gasteiger partial charge is 0.129 e. The topological polar surface area (TPSA) is 70.4 Å². The number of pyridine rings is 1. The predicted molar refractivity (Wildman–Crippen MR) is 97.9 cm³/mol. The summed E-state index contributed by atoms with van der Waals surface area (Å²) in [5.41, 5.74) is 1.50. The van der Waals surface area contributed by atoms with Crippen LogP contribution in [0.1, 0.15) is 75.5 Å². The fourth-order valence-corrected chi connectivity index (χ4v) is 2.69. The van der Waals surface area contributed by atoms with E-state index in [4.69, 9.17) is 11.6 Å². The number of carbonyl (C=O) groups excluding carboxylic acids is 1. The third-order valence-electron chi connectivity index (χ3n) is 3.94. The highest BCUT2D eigenvalue weighted by molar-refractivity contribution is 6.29. The van der Waals surface area contributed by atoms with Crippen molar-refractivity contribution in [2.45, 2.75) is 70.5 Å². The molecule has 2 N–H and O–H groups in total. The first-order chi connectivity index (χ1) is 11.6. The van der Waals surface area contributed by atoms with Gasteiger partial charge < -0.3 is 15.0 Å². The SMILES string of the molecule is CCCCCC(O)C/C=C/c1cc(Cl)ncc1C(O)CCCC=O. The molecule has 0 saturated carbocycles. The number of unbranched alkanes of at least 4 members (excludes halogenated alkanes) is 3. The van der Waals surface area contributed by atoms with E-state index in [9.17, 15) is 15.0 Å². The van der Waals surface area contributed by atoms with Crippen LogP contribution in [-0.2, 0) is 4.79 Å². The van der Waals surface area contributed by atoms with Crippen LogP contribution in [0.2, 0.25) is 5.15 Å². The Kier molecular flexibility index (Phi) is 10.6. The van der Waals surface area contributed by atoms with E-state index in [-0.39, 0.29) is 6.10 Å². The van der Waals surface area contributed by atoms with Gasteiger partial charge in [-0.05, 0) is 37.3 Å². The number of aromatic nitrogens is 1. The van der Waals surface area contributed by atoms with Gasteiger partial charge in [0.2, 0.25) is 0 Å². The Morgan fingerprint density at radius 2 is 2.04 bits per heavy atom. The Balaban J connectivity index is 2.66. The molecule has 24 heavy (non-hydrogen) atoms. The molecule has 1 aromatic heterocycles. The second kappa shape index (κ2) is 12.2. The van der Waals surface area contributed by atoms with Gasteiger partial charge in [0.25, 0.3) is 0 Å². The van der Waals surface area contributed by atoms with E-state index in [1.807, 2.05) is 12.2 Å². The molecule has 0 aliphatic heterocycles. The Bertz CT molecular complexity index is 519. The van der Waals surface area contributed by atoms with Gasteiger partial charge in [-0.1, -0.05) is 49.9 Å². The van der Waals surface area contributed by atoms with Gasteiger partial charge in [0.1, 0.15) is 11.4 Å². The van der Waals surface area contributed by atoms with Crippen LogP contribution < -0.4 is 0 Å². The molecule has 2 unspecified atom stereocenters. The van der Waals surface area contributed by atoms with Crippen molar-refractivity contribution in [3.8, 4) is 0 Å². The van der Waals surface area contributed by atoms with Crippen LogP contribution in [0.4, 0.5) is 0 Å². The number of aldehydes is 1. The van der Waals surface area contributed by atoms with E-state index in [0.29, 0.717) is 36.4 Å². The zero-order valence-electron chi connectivity index (χ0n) is 14.3. The molecule has 0 fully saturated rings. The molecule has 4 nitrogen and oxygen atoms in total. The molecule has 1 heterocycles. The van der Waals surface area contributed by atoms with Gasteiger partial charge in [-0.25, -0.2) is 4.98 Å². The predicted octanol–water partition coefficient (Wildman–Crippen LogP) is 4.48. The van der Waals surface area contributed by atoms with Crippen molar-refractivity contribution in [2.75, 3.05) is 0 Å². The van der Waals surface area contributed by atoms with Crippen molar-refractivity contribution >= 4 is 24.0 Å². The third kappa shape index (κ3) is 8.04. The largest absolute Gasteiger partial charge is 0.393 e. The minimum absolute atomic E-state index is 0.342. The van der Waals surface area contributed by atoms with Crippen LogP contribution in [0.25, 0.3) is 6.08 Å². The second-order valence-electron chi connectivity index (χ2n) is 6.04. The van der Waals surface area contributed by atoms with Crippen LogP contribution in [0.5, 0.6) is 0 Å². The van der Waals surface area contributed by atoms with Gasteiger partial charge in [-0.3, -0.25) is 0 Å². The monoisotopic (exact) mass is 353 g/mol. The van der Waals surface area contributed by atoms with Crippen LogP contribution in [0.3, 0.4) is 0 Å². The lowest BCUT2D eigenvalue weighted by atomic mass is 9.99. The zero-order valence-corrected chi connectivity index (χ0v) is 15.1. The molecule has 0 bridgehead atoms. The number of hydrogen-bond donors (Lipinski definition) is 2. The third-order valence-corrected chi connectivity index (χ3v) is 4.15. The highest BCUT2D eigenvalue weighted by atomic mass is 35.5. The summed E-state index contributed by atoms with van der Waals surface area (Å²) < 4.78 is 0. The lowest BCUT2D eigenvalue weighted by Gasteiger charge is -2.13. The Labute approximate surface area is 149 Å². The highest BCUT2D eigenvalue weighted by Gasteiger charge is 2.12. The van der Waals surface area contributed by atoms with E-state index < -0.39 is 6.10 Å². The summed E-state index contributed by atoms with van der Waals surface area (Å²) >= 11 is 5.95. The van der Waals surface area contributed by atoms with Crippen molar-refractivity contribution < 1.29 is 15.0 Å². The summed E-state index contributed by atoms with van der Waals surface area (Å²) in [6.07, 6.45) is 11.4. The van der Waals surface area contributed by atoms with Crippen molar-refractivity contribution in [3.63, 3.8) is 0 Å². The minimum atomic E-state index is -0.677. The summed E-state index contributed by atoms with van der Waals surface area (Å²) in [7, 11) is 0. The zero-order chi connectivity index (χ0) is 17.8. The molecule has 0 aliphatic rings. The van der Waals surface area contributed by atoms with Gasteiger partial charge >= 0.3 is 0 Å². The minimum Gasteiger partial charge on any atom is -0.393 e. The molecule has 0 amide bonds. The van der Waals surface area contributed by atoms with Gasteiger partial charge in [0, 0.05) is 18.2 Å². The molecule has 0 saturated heterocycles. The first kappa shape index (κ1) is 20.8. The number of nitrogens with zero attached hydrogens (tertiary/aromatic N) is 1. The molecule has 134 valence electrons. The maximum atomic E-state index is 10.4.